The number of rotatable bonds is 5. The van der Waals surface area contributed by atoms with Crippen LogP contribution < -0.4 is 20.3 Å². The van der Waals surface area contributed by atoms with Crippen LogP contribution in [0, 0.1) is 0 Å². The zero-order valence-electron chi connectivity index (χ0n) is 16.8. The van der Waals surface area contributed by atoms with Crippen LogP contribution in [-0.2, 0) is 0 Å². The average molecular weight is 407 g/mol. The van der Waals surface area contributed by atoms with Crippen LogP contribution in [0.5, 0.6) is 5.75 Å². The summed E-state index contributed by atoms with van der Waals surface area (Å²) in [7, 11) is 1.65. The third-order valence-electron chi connectivity index (χ3n) is 5.41. The Kier molecular flexibility index (Phi) is 5.81. The highest BCUT2D eigenvalue weighted by molar-refractivity contribution is 7.80. The van der Waals surface area contributed by atoms with Crippen molar-refractivity contribution in [1.29, 1.82) is 0 Å². The number of nitrogens with zero attached hydrogens (tertiary/aromatic N) is 2. The molecule has 1 aliphatic rings. The first-order valence-electron chi connectivity index (χ1n) is 10.00. The van der Waals surface area contributed by atoms with E-state index in [9.17, 15) is 0 Å². The lowest BCUT2D eigenvalue weighted by molar-refractivity contribution is 0.419. The number of anilines is 2. The normalized spacial score (nSPS) is 14.6. The predicted octanol–water partition coefficient (Wildman–Crippen LogP) is 4.89. The van der Waals surface area contributed by atoms with Crippen LogP contribution in [0.2, 0.25) is 0 Å². The van der Waals surface area contributed by atoms with Crippen LogP contribution in [0.4, 0.5) is 11.4 Å². The van der Waals surface area contributed by atoms with E-state index in [4.69, 9.17) is 17.0 Å². The molecule has 0 spiro atoms. The average Bonchev–Trinajstić information content (AvgIpc) is 3.29. The first kappa shape index (κ1) is 19.5. The minimum atomic E-state index is 0.102. The second-order valence-corrected chi connectivity index (χ2v) is 7.73. The first-order valence-corrected chi connectivity index (χ1v) is 10.4. The summed E-state index contributed by atoms with van der Waals surface area (Å²) in [6.45, 7) is 4.43. The van der Waals surface area contributed by atoms with Crippen molar-refractivity contribution in [2.24, 2.45) is 0 Å². The third-order valence-corrected chi connectivity index (χ3v) is 5.63. The van der Waals surface area contributed by atoms with Crippen LogP contribution in [0.3, 0.4) is 0 Å². The summed E-state index contributed by atoms with van der Waals surface area (Å²) in [6.07, 6.45) is 4.34. The fraction of sp³-hybridized carbons (Fsp3) is 0.304. The van der Waals surface area contributed by atoms with Crippen molar-refractivity contribution in [3.63, 3.8) is 0 Å². The fourth-order valence-electron chi connectivity index (χ4n) is 3.81. The molecular weight excluding hydrogens is 380 g/mol. The van der Waals surface area contributed by atoms with Crippen molar-refractivity contribution in [3.05, 3.63) is 60.3 Å². The van der Waals surface area contributed by atoms with Gasteiger partial charge < -0.3 is 20.3 Å². The lowest BCUT2D eigenvalue weighted by Crippen LogP contribution is -2.31. The Bertz CT molecular complexity index is 999. The van der Waals surface area contributed by atoms with Gasteiger partial charge in [0.2, 0.25) is 0 Å². The minimum absolute atomic E-state index is 0.102. The highest BCUT2D eigenvalue weighted by atomic mass is 32.1. The molecule has 3 aromatic rings. The smallest absolute Gasteiger partial charge is 0.171 e. The van der Waals surface area contributed by atoms with Gasteiger partial charge in [-0.05, 0) is 73.9 Å². The Morgan fingerprint density at radius 3 is 2.59 bits per heavy atom. The number of hydrogen-bond donors (Lipinski definition) is 2. The summed E-state index contributed by atoms with van der Waals surface area (Å²) in [5.74, 6) is 0.747. The molecule has 2 aromatic carbocycles. The number of pyridine rings is 1. The van der Waals surface area contributed by atoms with Gasteiger partial charge in [-0.2, -0.15) is 0 Å². The van der Waals surface area contributed by atoms with Crippen LogP contribution in [-0.4, -0.2) is 30.3 Å². The van der Waals surface area contributed by atoms with Crippen molar-refractivity contribution < 1.29 is 4.74 Å². The zero-order chi connectivity index (χ0) is 20.2. The lowest BCUT2D eigenvalue weighted by Gasteiger charge is -2.21. The molecule has 1 saturated heterocycles. The van der Waals surface area contributed by atoms with Gasteiger partial charge in [0, 0.05) is 36.0 Å². The van der Waals surface area contributed by atoms with Crippen molar-refractivity contribution in [3.8, 4) is 5.75 Å². The van der Waals surface area contributed by atoms with E-state index < -0.39 is 0 Å². The molecule has 1 atom stereocenters. The number of ether oxygens (including phenoxy) is 1. The maximum atomic E-state index is 5.57. The van der Waals surface area contributed by atoms with Crippen molar-refractivity contribution in [1.82, 2.24) is 10.3 Å². The molecule has 0 bridgehead atoms. The van der Waals surface area contributed by atoms with E-state index in [1.165, 1.54) is 24.1 Å². The molecule has 0 amide bonds. The van der Waals surface area contributed by atoms with Gasteiger partial charge in [-0.1, -0.05) is 12.1 Å². The molecule has 5 nitrogen and oxygen atoms in total. The molecule has 2 N–H and O–H groups in total. The maximum Gasteiger partial charge on any atom is 0.171 e. The molecule has 0 radical (unpaired) electrons. The van der Waals surface area contributed by atoms with Crippen molar-refractivity contribution >= 4 is 39.6 Å². The second-order valence-electron chi connectivity index (χ2n) is 7.32. The number of nitrogens with one attached hydrogen (secondary N) is 2. The van der Waals surface area contributed by atoms with Gasteiger partial charge in [0.15, 0.2) is 5.11 Å². The number of benzene rings is 2. The molecule has 2 heterocycles. The minimum Gasteiger partial charge on any atom is -0.494 e. The molecule has 6 heteroatoms. The van der Waals surface area contributed by atoms with Crippen LogP contribution in [0.25, 0.3) is 10.9 Å². The lowest BCUT2D eigenvalue weighted by atomic mass is 10.1. The van der Waals surface area contributed by atoms with Crippen LogP contribution in [0.1, 0.15) is 31.4 Å². The van der Waals surface area contributed by atoms with Crippen molar-refractivity contribution in [2.75, 3.05) is 30.4 Å². The van der Waals surface area contributed by atoms with Gasteiger partial charge in [-0.25, -0.2) is 0 Å². The molecule has 4 rings (SSSR count). The molecule has 0 unspecified atom stereocenters. The van der Waals surface area contributed by atoms with E-state index in [1.807, 2.05) is 24.3 Å². The van der Waals surface area contributed by atoms with Gasteiger partial charge >= 0.3 is 0 Å². The number of methoxy groups -OCH3 is 1. The Morgan fingerprint density at radius 1 is 1.10 bits per heavy atom. The zero-order valence-corrected chi connectivity index (χ0v) is 17.6. The van der Waals surface area contributed by atoms with Gasteiger partial charge in [0.05, 0.1) is 13.2 Å². The molecule has 29 heavy (non-hydrogen) atoms. The van der Waals surface area contributed by atoms with E-state index in [2.05, 4.69) is 51.7 Å². The quantitative estimate of drug-likeness (QED) is 0.588. The Labute approximate surface area is 177 Å². The first-order chi connectivity index (χ1) is 14.2. The molecular formula is C23H26N4OS. The van der Waals surface area contributed by atoms with Gasteiger partial charge in [0.1, 0.15) is 11.3 Å². The molecule has 0 saturated carbocycles. The van der Waals surface area contributed by atoms with Crippen molar-refractivity contribution in [2.45, 2.75) is 25.8 Å². The summed E-state index contributed by atoms with van der Waals surface area (Å²) < 4.78 is 5.41. The van der Waals surface area contributed by atoms with Gasteiger partial charge in [0.25, 0.3) is 0 Å². The number of hydrogen-bond acceptors (Lipinski definition) is 4. The number of thiocarbonyl (C=S) groups is 1. The molecule has 1 aliphatic heterocycles. The topological polar surface area (TPSA) is 49.4 Å². The van der Waals surface area contributed by atoms with E-state index in [0.29, 0.717) is 5.11 Å². The third kappa shape index (κ3) is 4.27. The Hall–Kier alpha value is -2.86. The summed E-state index contributed by atoms with van der Waals surface area (Å²) in [5, 5.41) is 8.24. The van der Waals surface area contributed by atoms with E-state index >= 15 is 0 Å². The summed E-state index contributed by atoms with van der Waals surface area (Å²) in [6, 6.07) is 16.7. The van der Waals surface area contributed by atoms with E-state index in [0.717, 1.165) is 35.4 Å². The number of aromatic nitrogens is 1. The van der Waals surface area contributed by atoms with E-state index in [-0.39, 0.29) is 6.04 Å². The number of fused-ring (bicyclic) bond motifs is 1. The Morgan fingerprint density at radius 2 is 1.86 bits per heavy atom. The summed E-state index contributed by atoms with van der Waals surface area (Å²) >= 11 is 5.57. The van der Waals surface area contributed by atoms with E-state index in [1.54, 1.807) is 13.3 Å². The predicted molar refractivity (Wildman–Crippen MR) is 124 cm³/mol. The molecule has 1 fully saturated rings. The van der Waals surface area contributed by atoms with Gasteiger partial charge in [-0.3, -0.25) is 4.98 Å². The molecule has 1 aromatic heterocycles. The Balaban J connectivity index is 1.44. The summed E-state index contributed by atoms with van der Waals surface area (Å²) in [4.78, 5) is 6.88. The highest BCUT2D eigenvalue weighted by Crippen LogP contribution is 2.30. The van der Waals surface area contributed by atoms with Crippen LogP contribution >= 0.6 is 12.2 Å². The SMILES string of the molecule is COc1ccc(NC(=S)N[C@H](C)c2ccc(N3CCCC3)cc2)c2cccnc12. The molecule has 150 valence electrons. The highest BCUT2D eigenvalue weighted by Gasteiger charge is 2.14. The maximum absolute atomic E-state index is 5.57. The van der Waals surface area contributed by atoms with Crippen LogP contribution in [0.15, 0.2) is 54.7 Å². The second kappa shape index (κ2) is 8.66. The largest absolute Gasteiger partial charge is 0.494 e. The summed E-state index contributed by atoms with van der Waals surface area (Å²) in [5.41, 5.74) is 4.23. The van der Waals surface area contributed by atoms with Gasteiger partial charge in [-0.15, -0.1) is 0 Å². The molecule has 0 aliphatic carbocycles. The fourth-order valence-corrected chi connectivity index (χ4v) is 4.09. The monoisotopic (exact) mass is 406 g/mol. The standard InChI is InChI=1S/C23H26N4OS/c1-16(17-7-9-18(10-8-17)27-14-3-4-15-27)25-23(29)26-20-11-12-21(28-2)22-19(20)6-5-13-24-22/h5-13,16H,3-4,14-15H2,1-2H3,(H2,25,26,29)/t16-/m1/s1.